The van der Waals surface area contributed by atoms with Gasteiger partial charge < -0.3 is 10.6 Å². The van der Waals surface area contributed by atoms with Crippen LogP contribution in [0, 0.1) is 5.82 Å². The fourth-order valence-corrected chi connectivity index (χ4v) is 4.15. The smallest absolute Gasteiger partial charge is 0.245 e. The number of rotatable bonds is 7. The van der Waals surface area contributed by atoms with Crippen molar-refractivity contribution >= 4 is 39.1 Å². The van der Waals surface area contributed by atoms with Gasteiger partial charge in [-0.1, -0.05) is 60.7 Å². The molecule has 3 aromatic carbocycles. The number of amides is 2. The van der Waals surface area contributed by atoms with Gasteiger partial charge in [0, 0.05) is 17.5 Å². The highest BCUT2D eigenvalue weighted by atomic mass is 32.1. The Hall–Kier alpha value is -3.58. The van der Waals surface area contributed by atoms with E-state index in [9.17, 15) is 14.0 Å². The normalized spacial score (nSPS) is 10.7. The Morgan fingerprint density at radius 3 is 2.52 bits per heavy atom. The van der Waals surface area contributed by atoms with Crippen LogP contribution in [0.2, 0.25) is 0 Å². The number of benzene rings is 3. The van der Waals surface area contributed by atoms with Gasteiger partial charge in [0.25, 0.3) is 0 Å². The van der Waals surface area contributed by atoms with Gasteiger partial charge in [-0.2, -0.15) is 0 Å². The number of hydrogen-bond acceptors (Lipinski definition) is 4. The van der Waals surface area contributed by atoms with Gasteiger partial charge in [0.1, 0.15) is 5.82 Å². The molecule has 2 N–H and O–H groups in total. The van der Waals surface area contributed by atoms with Crippen LogP contribution in [0.3, 0.4) is 0 Å². The van der Waals surface area contributed by atoms with Crippen LogP contribution >= 0.6 is 11.3 Å². The molecule has 0 radical (unpaired) electrons. The molecule has 0 bridgehead atoms. The first kappa shape index (κ1) is 20.7. The lowest BCUT2D eigenvalue weighted by Gasteiger charge is -2.08. The maximum Gasteiger partial charge on any atom is 0.245 e. The summed E-state index contributed by atoms with van der Waals surface area (Å²) in [5.74, 6) is -0.862. The fraction of sp³-hybridized carbons (Fsp3) is 0.125. The second kappa shape index (κ2) is 9.49. The summed E-state index contributed by atoms with van der Waals surface area (Å²) in [5.41, 5.74) is 1.48. The highest BCUT2D eigenvalue weighted by molar-refractivity contribution is 7.15. The number of carbonyl (C=O) groups excluding carboxylic acids is 2. The third-order valence-corrected chi connectivity index (χ3v) is 5.71. The molecule has 2 amide bonds. The van der Waals surface area contributed by atoms with Crippen LogP contribution in [0.1, 0.15) is 16.0 Å². The summed E-state index contributed by atoms with van der Waals surface area (Å²) in [4.78, 5) is 29.5. The maximum atomic E-state index is 13.8. The van der Waals surface area contributed by atoms with Gasteiger partial charge in [0.05, 0.1) is 13.0 Å². The van der Waals surface area contributed by atoms with Crippen molar-refractivity contribution in [1.82, 2.24) is 10.3 Å². The molecule has 0 unspecified atom stereocenters. The first-order valence-electron chi connectivity index (χ1n) is 9.80. The Kier molecular flexibility index (Phi) is 6.33. The van der Waals surface area contributed by atoms with Crippen LogP contribution in [-0.4, -0.2) is 23.3 Å². The number of nitrogens with one attached hydrogen (secondary N) is 2. The molecule has 0 fully saturated rings. The Balaban J connectivity index is 1.29. The minimum atomic E-state index is -0.363. The lowest BCUT2D eigenvalue weighted by molar-refractivity contribution is -0.123. The van der Waals surface area contributed by atoms with E-state index >= 15 is 0 Å². The number of nitrogens with zero attached hydrogens (tertiary/aromatic N) is 1. The molecule has 1 aromatic heterocycles. The van der Waals surface area contributed by atoms with Gasteiger partial charge >= 0.3 is 0 Å². The highest BCUT2D eigenvalue weighted by Gasteiger charge is 2.11. The van der Waals surface area contributed by atoms with Crippen LogP contribution in [0.25, 0.3) is 10.8 Å². The van der Waals surface area contributed by atoms with E-state index in [0.717, 1.165) is 21.2 Å². The average molecular weight is 434 g/mol. The van der Waals surface area contributed by atoms with Gasteiger partial charge in [-0.15, -0.1) is 11.3 Å². The lowest BCUT2D eigenvalue weighted by atomic mass is 10.0. The van der Waals surface area contributed by atoms with Crippen LogP contribution in [-0.2, 0) is 22.4 Å². The molecule has 4 rings (SSSR count). The van der Waals surface area contributed by atoms with Crippen molar-refractivity contribution in [2.45, 2.75) is 12.8 Å². The van der Waals surface area contributed by atoms with Gasteiger partial charge in [0.2, 0.25) is 11.8 Å². The predicted octanol–water partition coefficient (Wildman–Crippen LogP) is 4.32. The zero-order valence-corrected chi connectivity index (χ0v) is 17.4. The molecule has 0 aliphatic rings. The quantitative estimate of drug-likeness (QED) is 0.456. The van der Waals surface area contributed by atoms with Crippen LogP contribution in [0.15, 0.2) is 72.9 Å². The molecule has 0 aliphatic carbocycles. The summed E-state index contributed by atoms with van der Waals surface area (Å²) >= 11 is 1.28. The summed E-state index contributed by atoms with van der Waals surface area (Å²) in [6, 6.07) is 20.3. The second-order valence-electron chi connectivity index (χ2n) is 7.04. The van der Waals surface area contributed by atoms with Crippen molar-refractivity contribution in [2.75, 3.05) is 11.9 Å². The number of carbonyl (C=O) groups is 2. The summed E-state index contributed by atoms with van der Waals surface area (Å²) in [6.07, 6.45) is 2.21. The molecule has 0 aliphatic heterocycles. The minimum Gasteiger partial charge on any atom is -0.347 e. The van der Waals surface area contributed by atoms with Gasteiger partial charge in [-0.25, -0.2) is 9.37 Å². The monoisotopic (exact) mass is 433 g/mol. The second-order valence-corrected chi connectivity index (χ2v) is 8.16. The van der Waals surface area contributed by atoms with Crippen molar-refractivity contribution in [1.29, 1.82) is 0 Å². The zero-order chi connectivity index (χ0) is 21.6. The molecule has 156 valence electrons. The van der Waals surface area contributed by atoms with Crippen LogP contribution < -0.4 is 10.6 Å². The third kappa shape index (κ3) is 5.32. The van der Waals surface area contributed by atoms with Crippen molar-refractivity contribution in [3.8, 4) is 0 Å². The Labute approximate surface area is 183 Å². The van der Waals surface area contributed by atoms with E-state index in [1.165, 1.54) is 17.4 Å². The van der Waals surface area contributed by atoms with Gasteiger partial charge in [-0.05, 0) is 28.0 Å². The SMILES string of the molecule is O=C(Cc1cccc2ccccc12)NCC(=O)Nc1ncc(Cc2ccccc2F)s1. The first-order chi connectivity index (χ1) is 15.1. The molecule has 5 nitrogen and oxygen atoms in total. The van der Waals surface area contributed by atoms with Crippen molar-refractivity contribution in [3.63, 3.8) is 0 Å². The maximum absolute atomic E-state index is 13.8. The number of aromatic nitrogens is 1. The van der Waals surface area contributed by atoms with Crippen molar-refractivity contribution in [3.05, 3.63) is 94.7 Å². The van der Waals surface area contributed by atoms with Crippen LogP contribution in [0.4, 0.5) is 9.52 Å². The molecule has 0 atom stereocenters. The average Bonchev–Trinajstić information content (AvgIpc) is 3.21. The Morgan fingerprint density at radius 2 is 1.65 bits per heavy atom. The predicted molar refractivity (Wildman–Crippen MR) is 121 cm³/mol. The molecule has 31 heavy (non-hydrogen) atoms. The first-order valence-corrected chi connectivity index (χ1v) is 10.6. The molecule has 0 saturated heterocycles. The number of anilines is 1. The molecule has 0 spiro atoms. The molecular formula is C24H20FN3O2S. The summed E-state index contributed by atoms with van der Waals surface area (Å²) < 4.78 is 13.8. The van der Waals surface area contributed by atoms with Gasteiger partial charge in [-0.3, -0.25) is 9.59 Å². The Bertz CT molecular complexity index is 1230. The standard InChI is InChI=1S/C24H20FN3O2S/c25-21-11-4-2-7-18(21)12-19-14-27-24(31-19)28-23(30)15-26-22(29)13-17-9-5-8-16-6-1-3-10-20(16)17/h1-11,14H,12-13,15H2,(H,26,29)(H,27,28,30). The number of thiazole rings is 1. The summed E-state index contributed by atoms with van der Waals surface area (Å²) in [5, 5.41) is 7.83. The molecular weight excluding hydrogens is 413 g/mol. The largest absolute Gasteiger partial charge is 0.347 e. The topological polar surface area (TPSA) is 71.1 Å². The van der Waals surface area contributed by atoms with Crippen molar-refractivity contribution < 1.29 is 14.0 Å². The summed E-state index contributed by atoms with van der Waals surface area (Å²) in [7, 11) is 0. The highest BCUT2D eigenvalue weighted by Crippen LogP contribution is 2.22. The van der Waals surface area contributed by atoms with Crippen LogP contribution in [0.5, 0.6) is 0 Å². The fourth-order valence-electron chi connectivity index (χ4n) is 3.30. The Morgan fingerprint density at radius 1 is 0.903 bits per heavy atom. The van der Waals surface area contributed by atoms with E-state index in [1.54, 1.807) is 24.4 Å². The lowest BCUT2D eigenvalue weighted by Crippen LogP contribution is -2.33. The van der Waals surface area contributed by atoms with Gasteiger partial charge in [0.15, 0.2) is 5.13 Å². The van der Waals surface area contributed by atoms with Crippen molar-refractivity contribution in [2.24, 2.45) is 0 Å². The number of hydrogen-bond donors (Lipinski definition) is 2. The molecule has 0 saturated carbocycles. The molecule has 7 heteroatoms. The summed E-state index contributed by atoms with van der Waals surface area (Å²) in [6.45, 7) is -0.147. The van der Waals surface area contributed by atoms with E-state index in [2.05, 4.69) is 15.6 Å². The number of halogens is 1. The van der Waals surface area contributed by atoms with E-state index in [-0.39, 0.29) is 30.6 Å². The number of fused-ring (bicyclic) bond motifs is 1. The van der Waals surface area contributed by atoms with E-state index in [1.807, 2.05) is 42.5 Å². The molecule has 1 heterocycles. The van der Waals surface area contributed by atoms with E-state index in [4.69, 9.17) is 0 Å². The van der Waals surface area contributed by atoms with E-state index < -0.39 is 0 Å². The third-order valence-electron chi connectivity index (χ3n) is 4.80. The zero-order valence-electron chi connectivity index (χ0n) is 16.6. The molecule has 4 aromatic rings. The minimum absolute atomic E-state index is 0.147. The van der Waals surface area contributed by atoms with E-state index in [0.29, 0.717) is 17.1 Å².